The van der Waals surface area contributed by atoms with E-state index in [-0.39, 0.29) is 28.8 Å². The van der Waals surface area contributed by atoms with Crippen molar-refractivity contribution in [2.45, 2.75) is 4.90 Å². The number of pyridine rings is 1. The number of rotatable bonds is 7. The quantitative estimate of drug-likeness (QED) is 0.327. The third-order valence-electron chi connectivity index (χ3n) is 5.49. The van der Waals surface area contributed by atoms with Crippen molar-refractivity contribution in [3.8, 4) is 0 Å². The summed E-state index contributed by atoms with van der Waals surface area (Å²) < 4.78 is 20.7. The zero-order valence-electron chi connectivity index (χ0n) is 19.0. The van der Waals surface area contributed by atoms with Crippen LogP contribution in [0.4, 0.5) is 10.1 Å². The molecule has 0 atom stereocenters. The fourth-order valence-corrected chi connectivity index (χ4v) is 4.79. The first kappa shape index (κ1) is 24.8. The van der Waals surface area contributed by atoms with Crippen LogP contribution in [0.25, 0.3) is 10.9 Å². The maximum atomic E-state index is 14.8. The number of piperazine rings is 1. The third-order valence-corrected chi connectivity index (χ3v) is 6.97. The van der Waals surface area contributed by atoms with Crippen molar-refractivity contribution in [2.24, 2.45) is 5.73 Å². The van der Waals surface area contributed by atoms with E-state index < -0.39 is 5.82 Å². The van der Waals surface area contributed by atoms with Crippen LogP contribution in [0, 0.1) is 5.82 Å². The van der Waals surface area contributed by atoms with E-state index in [0.29, 0.717) is 26.2 Å². The lowest BCUT2D eigenvalue weighted by Crippen LogP contribution is -2.51. The summed E-state index contributed by atoms with van der Waals surface area (Å²) in [6, 6.07) is 14.0. The molecule has 2 aromatic carbocycles. The maximum Gasteiger partial charge on any atom is 0.270 e. The first-order chi connectivity index (χ1) is 17.0. The highest BCUT2D eigenvalue weighted by Crippen LogP contribution is 2.29. The maximum absolute atomic E-state index is 14.8. The molecule has 1 aromatic heterocycles. The van der Waals surface area contributed by atoms with Gasteiger partial charge in [-0.25, -0.2) is 4.39 Å². The molecule has 0 bridgehead atoms. The number of nitrogens with one attached hydrogen (secondary N) is 2. The molecule has 2 amide bonds. The number of amides is 2. The van der Waals surface area contributed by atoms with Gasteiger partial charge in [0.25, 0.3) is 11.8 Å². The van der Waals surface area contributed by atoms with Gasteiger partial charge in [0.1, 0.15) is 11.5 Å². The minimum atomic E-state index is -0.523. The van der Waals surface area contributed by atoms with Gasteiger partial charge in [0.05, 0.1) is 16.1 Å². The Balaban J connectivity index is 1.36. The molecule has 1 fully saturated rings. The molecule has 4 rings (SSSR count). The van der Waals surface area contributed by atoms with Crippen molar-refractivity contribution in [3.05, 3.63) is 77.2 Å². The third kappa shape index (κ3) is 5.87. The smallest absolute Gasteiger partial charge is 0.270 e. The van der Waals surface area contributed by atoms with Crippen LogP contribution in [0.2, 0.25) is 0 Å². The number of fused-ring (bicyclic) bond motifs is 1. The number of nitrogens with two attached hydrogens (primary N) is 1. The van der Waals surface area contributed by atoms with Gasteiger partial charge in [0.2, 0.25) is 0 Å². The molecule has 0 spiro atoms. The van der Waals surface area contributed by atoms with Gasteiger partial charge in [-0.3, -0.25) is 19.3 Å². The monoisotopic (exact) mass is 512 g/mol. The Bertz CT molecular complexity index is 1260. The predicted octanol–water partition coefficient (Wildman–Crippen LogP) is 3.45. The Kier molecular flexibility index (Phi) is 8.11. The van der Waals surface area contributed by atoms with E-state index in [1.807, 2.05) is 30.3 Å². The van der Waals surface area contributed by atoms with Gasteiger partial charge in [-0.1, -0.05) is 30.1 Å². The highest BCUT2D eigenvalue weighted by Gasteiger charge is 2.26. The van der Waals surface area contributed by atoms with Gasteiger partial charge in [-0.05, 0) is 49.3 Å². The largest absolute Gasteiger partial charge is 0.394 e. The van der Waals surface area contributed by atoms with E-state index in [1.165, 1.54) is 30.0 Å². The number of para-hydroxylation sites is 1. The van der Waals surface area contributed by atoms with Crippen LogP contribution in [0.5, 0.6) is 0 Å². The van der Waals surface area contributed by atoms with Crippen molar-refractivity contribution in [3.63, 3.8) is 0 Å². The summed E-state index contributed by atoms with van der Waals surface area (Å²) in [5.74, 6) is -1.06. The first-order valence-electron chi connectivity index (χ1n) is 10.9. The highest BCUT2D eigenvalue weighted by molar-refractivity contribution is 8.00. The molecular weight excluding hydrogens is 487 g/mol. The van der Waals surface area contributed by atoms with Crippen LogP contribution in [-0.4, -0.2) is 59.8 Å². The van der Waals surface area contributed by atoms with Gasteiger partial charge in [-0.2, -0.15) is 0 Å². The van der Waals surface area contributed by atoms with Crippen LogP contribution in [0.3, 0.4) is 0 Å². The minimum Gasteiger partial charge on any atom is -0.394 e. The minimum absolute atomic E-state index is 0.145. The number of hydrogen-bond donors (Lipinski definition) is 3. The zero-order valence-corrected chi connectivity index (χ0v) is 20.7. The number of nitrogens with zero attached hydrogens (tertiary/aromatic N) is 3. The van der Waals surface area contributed by atoms with Gasteiger partial charge < -0.3 is 20.3 Å². The van der Waals surface area contributed by atoms with E-state index in [9.17, 15) is 14.0 Å². The number of carbonyl (C=O) groups is 2. The second-order valence-corrected chi connectivity index (χ2v) is 9.44. The summed E-state index contributed by atoms with van der Waals surface area (Å²) in [4.78, 5) is 33.8. The summed E-state index contributed by atoms with van der Waals surface area (Å²) in [5, 5.41) is 2.55. The summed E-state index contributed by atoms with van der Waals surface area (Å²) in [5.41, 5.74) is 7.32. The van der Waals surface area contributed by atoms with Crippen LogP contribution in [-0.2, 0) is 4.79 Å². The molecular formula is C24H25FN6O2S2. The summed E-state index contributed by atoms with van der Waals surface area (Å²) in [7, 11) is 1.73. The number of anilines is 1. The molecule has 4 N–H and O–H groups in total. The number of carbonyl (C=O) groups excluding carboxylic acids is 2. The molecule has 11 heteroatoms. The van der Waals surface area contributed by atoms with E-state index >= 15 is 0 Å². The van der Waals surface area contributed by atoms with E-state index in [2.05, 4.69) is 14.4 Å². The molecule has 0 saturated carbocycles. The fraction of sp³-hybridized carbons (Fsp3) is 0.208. The Morgan fingerprint density at radius 2 is 1.83 bits per heavy atom. The topological polar surface area (TPSA) is 104 Å². The van der Waals surface area contributed by atoms with Gasteiger partial charge >= 0.3 is 0 Å². The zero-order chi connectivity index (χ0) is 24.8. The second kappa shape index (κ2) is 11.4. The summed E-state index contributed by atoms with van der Waals surface area (Å²) >= 11 is 2.49. The molecule has 35 heavy (non-hydrogen) atoms. The van der Waals surface area contributed by atoms with Crippen molar-refractivity contribution in [1.82, 2.24) is 19.5 Å². The van der Waals surface area contributed by atoms with Gasteiger partial charge in [0, 0.05) is 48.7 Å². The van der Waals surface area contributed by atoms with Crippen molar-refractivity contribution in [1.29, 1.82) is 0 Å². The van der Waals surface area contributed by atoms with Crippen LogP contribution >= 0.6 is 23.9 Å². The van der Waals surface area contributed by atoms with Crippen molar-refractivity contribution >= 4 is 52.3 Å². The lowest BCUT2D eigenvalue weighted by Gasteiger charge is -2.34. The van der Waals surface area contributed by atoms with Crippen LogP contribution in [0.15, 0.2) is 70.7 Å². The lowest BCUT2D eigenvalue weighted by atomic mass is 10.1. The number of hydrogen-bond acceptors (Lipinski definition) is 8. The van der Waals surface area contributed by atoms with Crippen LogP contribution in [0.1, 0.15) is 10.4 Å². The average Bonchev–Trinajstić information content (AvgIpc) is 2.90. The lowest BCUT2D eigenvalue weighted by molar-refractivity contribution is -0.128. The molecule has 0 aliphatic carbocycles. The average molecular weight is 513 g/mol. The Hall–Kier alpha value is -3.28. The van der Waals surface area contributed by atoms with Crippen LogP contribution < -0.4 is 15.2 Å². The molecule has 0 unspecified atom stereocenters. The van der Waals surface area contributed by atoms with Gasteiger partial charge in [0.15, 0.2) is 0 Å². The van der Waals surface area contributed by atoms with E-state index in [1.54, 1.807) is 40.6 Å². The van der Waals surface area contributed by atoms with Gasteiger partial charge in [-0.15, -0.1) is 0 Å². The molecule has 1 aliphatic heterocycles. The first-order valence-corrected chi connectivity index (χ1v) is 12.6. The van der Waals surface area contributed by atoms with Crippen molar-refractivity contribution < 1.29 is 14.0 Å². The summed E-state index contributed by atoms with van der Waals surface area (Å²) in [6.45, 7) is 1.42. The molecule has 8 nitrogen and oxygen atoms in total. The fourth-order valence-electron chi connectivity index (χ4n) is 3.65. The molecule has 3 aromatic rings. The van der Waals surface area contributed by atoms with E-state index in [0.717, 1.165) is 15.8 Å². The molecule has 182 valence electrons. The highest BCUT2D eigenvalue weighted by atomic mass is 32.2. The second-order valence-electron chi connectivity index (χ2n) is 7.71. The Morgan fingerprint density at radius 1 is 1.09 bits per heavy atom. The number of benzene rings is 2. The molecule has 1 saturated heterocycles. The molecule has 2 heterocycles. The SMILES string of the molecule is CNS/C=C(\N)C(=O)N1CCN(C(=O)c2ccc(NSc3cccc4cccnc34)c(F)c2)CC1. The molecule has 0 radical (unpaired) electrons. The molecule has 1 aliphatic rings. The normalized spacial score (nSPS) is 14.3. The van der Waals surface area contributed by atoms with Crippen molar-refractivity contribution in [2.75, 3.05) is 37.9 Å². The standard InChI is InChI=1S/C24H25FN6O2S2/c1-27-34-15-19(26)24(33)31-12-10-30(11-13-31)23(32)17-7-8-20(18(25)14-17)29-35-21-6-2-4-16-5-3-9-28-22(16)21/h2-9,14-15,27,29H,10-13,26H2,1H3/b19-15-. The number of aromatic nitrogens is 1. The Labute approximate surface area is 211 Å². The van der Waals surface area contributed by atoms with E-state index in [4.69, 9.17) is 5.73 Å². The summed E-state index contributed by atoms with van der Waals surface area (Å²) in [6.07, 6.45) is 1.72. The number of halogens is 1. The Morgan fingerprint density at radius 3 is 2.57 bits per heavy atom. The predicted molar refractivity (Wildman–Crippen MR) is 139 cm³/mol.